The molecular formula is C20H16F2N2O2. The van der Waals surface area contributed by atoms with Crippen molar-refractivity contribution in [2.24, 2.45) is 0 Å². The zero-order valence-corrected chi connectivity index (χ0v) is 14.1. The van der Waals surface area contributed by atoms with Gasteiger partial charge >= 0.3 is 0 Å². The molecule has 0 spiro atoms. The van der Waals surface area contributed by atoms with Crippen molar-refractivity contribution in [1.29, 1.82) is 0 Å². The molecule has 3 aromatic rings. The first-order chi connectivity index (χ1) is 12.5. The van der Waals surface area contributed by atoms with E-state index in [0.717, 1.165) is 17.2 Å². The van der Waals surface area contributed by atoms with Crippen LogP contribution in [0.25, 0.3) is 11.3 Å². The van der Waals surface area contributed by atoms with Gasteiger partial charge in [0, 0.05) is 29.8 Å². The number of benzene rings is 2. The standard InChI is InChI=1S/C20H16F2N2O2/c1-12-4-6-13(7-5-12)17-11-19(26-23-17)20(25)24-8-2-3-15-16(22)9-14(21)10-18(15)24/h4-7,9-11H,2-3,8H2,1H3. The summed E-state index contributed by atoms with van der Waals surface area (Å²) in [6, 6.07) is 11.3. The zero-order chi connectivity index (χ0) is 18.3. The van der Waals surface area contributed by atoms with E-state index in [4.69, 9.17) is 4.52 Å². The first kappa shape index (κ1) is 16.4. The van der Waals surface area contributed by atoms with E-state index in [1.54, 1.807) is 6.07 Å². The molecule has 1 aliphatic heterocycles. The van der Waals surface area contributed by atoms with Gasteiger partial charge in [-0.25, -0.2) is 8.78 Å². The maximum atomic E-state index is 14.0. The summed E-state index contributed by atoms with van der Waals surface area (Å²) in [6.45, 7) is 2.35. The van der Waals surface area contributed by atoms with Crippen molar-refractivity contribution in [3.05, 3.63) is 71.0 Å². The minimum absolute atomic E-state index is 0.0399. The van der Waals surface area contributed by atoms with Crippen LogP contribution in [0.2, 0.25) is 0 Å². The van der Waals surface area contributed by atoms with Gasteiger partial charge in [0.05, 0.1) is 5.69 Å². The average Bonchev–Trinajstić information content (AvgIpc) is 3.11. The number of aromatic nitrogens is 1. The third-order valence-corrected chi connectivity index (χ3v) is 4.55. The average molecular weight is 354 g/mol. The number of nitrogens with zero attached hydrogens (tertiary/aromatic N) is 2. The lowest BCUT2D eigenvalue weighted by Gasteiger charge is -2.28. The van der Waals surface area contributed by atoms with E-state index in [2.05, 4.69) is 5.16 Å². The number of aryl methyl sites for hydroxylation is 1. The Morgan fingerprint density at radius 1 is 1.15 bits per heavy atom. The van der Waals surface area contributed by atoms with Crippen LogP contribution in [0.4, 0.5) is 14.5 Å². The molecule has 4 nitrogen and oxygen atoms in total. The molecule has 0 N–H and O–H groups in total. The van der Waals surface area contributed by atoms with Crippen molar-refractivity contribution in [3.8, 4) is 11.3 Å². The monoisotopic (exact) mass is 354 g/mol. The van der Waals surface area contributed by atoms with Crippen LogP contribution in [0.5, 0.6) is 0 Å². The van der Waals surface area contributed by atoms with Crippen molar-refractivity contribution in [3.63, 3.8) is 0 Å². The van der Waals surface area contributed by atoms with Crippen LogP contribution < -0.4 is 4.90 Å². The summed E-state index contributed by atoms with van der Waals surface area (Å²) in [5.41, 5.74) is 3.09. The highest BCUT2D eigenvalue weighted by Crippen LogP contribution is 2.32. The molecule has 1 amide bonds. The third kappa shape index (κ3) is 2.87. The lowest BCUT2D eigenvalue weighted by Crippen LogP contribution is -2.35. The second kappa shape index (κ2) is 6.37. The number of rotatable bonds is 2. The largest absolute Gasteiger partial charge is 0.350 e. The fraction of sp³-hybridized carbons (Fsp3) is 0.200. The van der Waals surface area contributed by atoms with E-state index in [1.165, 1.54) is 11.0 Å². The molecule has 132 valence electrons. The molecule has 0 unspecified atom stereocenters. The SMILES string of the molecule is Cc1ccc(-c2cc(C(=O)N3CCCc4c(F)cc(F)cc43)on2)cc1. The van der Waals surface area contributed by atoms with Crippen LogP contribution in [0.15, 0.2) is 47.0 Å². The van der Waals surface area contributed by atoms with Crippen LogP contribution >= 0.6 is 0 Å². The van der Waals surface area contributed by atoms with Gasteiger partial charge in [-0.15, -0.1) is 0 Å². The molecule has 6 heteroatoms. The molecule has 0 saturated heterocycles. The minimum atomic E-state index is -0.709. The van der Waals surface area contributed by atoms with Crippen LogP contribution in [0.1, 0.15) is 28.1 Å². The van der Waals surface area contributed by atoms with E-state index < -0.39 is 17.5 Å². The van der Waals surface area contributed by atoms with Gasteiger partial charge in [0.15, 0.2) is 0 Å². The topological polar surface area (TPSA) is 46.3 Å². The molecule has 0 fully saturated rings. The summed E-state index contributed by atoms with van der Waals surface area (Å²) in [5, 5.41) is 3.95. The van der Waals surface area contributed by atoms with Gasteiger partial charge in [0.2, 0.25) is 5.76 Å². The third-order valence-electron chi connectivity index (χ3n) is 4.55. The Morgan fingerprint density at radius 3 is 2.69 bits per heavy atom. The lowest BCUT2D eigenvalue weighted by atomic mass is 10.0. The summed E-state index contributed by atoms with van der Waals surface area (Å²) < 4.78 is 32.9. The first-order valence-corrected chi connectivity index (χ1v) is 8.36. The molecule has 26 heavy (non-hydrogen) atoms. The van der Waals surface area contributed by atoms with Crippen molar-refractivity contribution < 1.29 is 18.1 Å². The molecule has 1 aliphatic rings. The lowest BCUT2D eigenvalue weighted by molar-refractivity contribution is 0.0949. The predicted octanol–water partition coefficient (Wildman–Crippen LogP) is 4.52. The number of anilines is 1. The van der Waals surface area contributed by atoms with E-state index in [1.807, 2.05) is 31.2 Å². The minimum Gasteiger partial charge on any atom is -0.350 e. The number of halogens is 2. The molecule has 4 rings (SSSR count). The number of amides is 1. The molecule has 0 aliphatic carbocycles. The Kier molecular flexibility index (Phi) is 4.03. The van der Waals surface area contributed by atoms with Gasteiger partial charge in [-0.05, 0) is 25.8 Å². The zero-order valence-electron chi connectivity index (χ0n) is 14.1. The molecule has 2 heterocycles. The van der Waals surface area contributed by atoms with Crippen LogP contribution in [0.3, 0.4) is 0 Å². The van der Waals surface area contributed by atoms with Crippen molar-refractivity contribution in [2.75, 3.05) is 11.4 Å². The summed E-state index contributed by atoms with van der Waals surface area (Å²) in [6.07, 6.45) is 1.07. The van der Waals surface area contributed by atoms with Gasteiger partial charge in [-0.3, -0.25) is 4.79 Å². The normalized spacial score (nSPS) is 13.6. The predicted molar refractivity (Wildman–Crippen MR) is 93.0 cm³/mol. The quantitative estimate of drug-likeness (QED) is 0.680. The fourth-order valence-electron chi connectivity index (χ4n) is 3.19. The highest BCUT2D eigenvalue weighted by atomic mass is 19.1. The Balaban J connectivity index is 1.67. The number of fused-ring (bicyclic) bond motifs is 1. The molecule has 0 atom stereocenters. The summed E-state index contributed by atoms with van der Waals surface area (Å²) in [7, 11) is 0. The molecule has 0 radical (unpaired) electrons. The Labute approximate surface area is 149 Å². The smallest absolute Gasteiger partial charge is 0.296 e. The maximum absolute atomic E-state index is 14.0. The fourth-order valence-corrected chi connectivity index (χ4v) is 3.19. The van der Waals surface area contributed by atoms with Crippen molar-refractivity contribution in [2.45, 2.75) is 19.8 Å². The van der Waals surface area contributed by atoms with Crippen molar-refractivity contribution in [1.82, 2.24) is 5.16 Å². The number of hydrogen-bond acceptors (Lipinski definition) is 3. The molecule has 0 saturated carbocycles. The highest BCUT2D eigenvalue weighted by Gasteiger charge is 2.28. The number of carbonyl (C=O) groups excluding carboxylic acids is 1. The van der Waals surface area contributed by atoms with Gasteiger partial charge in [-0.1, -0.05) is 35.0 Å². The van der Waals surface area contributed by atoms with Gasteiger partial charge in [0.25, 0.3) is 5.91 Å². The van der Waals surface area contributed by atoms with Crippen LogP contribution in [-0.4, -0.2) is 17.6 Å². The Hall–Kier alpha value is -3.02. The van der Waals surface area contributed by atoms with Crippen molar-refractivity contribution >= 4 is 11.6 Å². The van der Waals surface area contributed by atoms with Crippen LogP contribution in [-0.2, 0) is 6.42 Å². The van der Waals surface area contributed by atoms with E-state index in [9.17, 15) is 13.6 Å². The Bertz CT molecular complexity index is 980. The molecule has 2 aromatic carbocycles. The van der Waals surface area contributed by atoms with Gasteiger partial charge in [-0.2, -0.15) is 0 Å². The van der Waals surface area contributed by atoms with E-state index >= 15 is 0 Å². The maximum Gasteiger partial charge on any atom is 0.296 e. The summed E-state index contributed by atoms with van der Waals surface area (Å²) in [4.78, 5) is 14.2. The van der Waals surface area contributed by atoms with E-state index in [0.29, 0.717) is 30.6 Å². The Morgan fingerprint density at radius 2 is 1.92 bits per heavy atom. The second-order valence-corrected chi connectivity index (χ2v) is 6.39. The highest BCUT2D eigenvalue weighted by molar-refractivity contribution is 6.05. The first-order valence-electron chi connectivity index (χ1n) is 8.36. The number of hydrogen-bond donors (Lipinski definition) is 0. The summed E-state index contributed by atoms with van der Waals surface area (Å²) >= 11 is 0. The van der Waals surface area contributed by atoms with Crippen LogP contribution in [0, 0.1) is 18.6 Å². The second-order valence-electron chi connectivity index (χ2n) is 6.39. The molecule has 1 aromatic heterocycles. The molecule has 0 bridgehead atoms. The van der Waals surface area contributed by atoms with E-state index in [-0.39, 0.29) is 11.4 Å². The summed E-state index contributed by atoms with van der Waals surface area (Å²) in [5.74, 6) is -1.76. The van der Waals surface area contributed by atoms with Gasteiger partial charge in [0.1, 0.15) is 17.3 Å². The molecular weight excluding hydrogens is 338 g/mol. The van der Waals surface area contributed by atoms with Gasteiger partial charge < -0.3 is 9.42 Å². The number of carbonyl (C=O) groups is 1.